The van der Waals surface area contributed by atoms with Crippen molar-refractivity contribution in [2.75, 3.05) is 13.6 Å². The Labute approximate surface area is 171 Å². The maximum atomic E-state index is 6.10. The van der Waals surface area contributed by atoms with Gasteiger partial charge in [0.15, 0.2) is 5.96 Å². The third kappa shape index (κ3) is 5.34. The average molecular weight is 471 g/mol. The Morgan fingerprint density at radius 2 is 2.08 bits per heavy atom. The minimum absolute atomic E-state index is 0. The number of para-hydroxylation sites is 1. The number of guanidine groups is 1. The molecule has 25 heavy (non-hydrogen) atoms. The highest BCUT2D eigenvalue weighted by Crippen LogP contribution is 2.39. The van der Waals surface area contributed by atoms with E-state index in [4.69, 9.17) is 4.74 Å². The summed E-state index contributed by atoms with van der Waals surface area (Å²) in [6.07, 6.45) is 1.91. The summed E-state index contributed by atoms with van der Waals surface area (Å²) in [5, 5.41) is 9.09. The maximum Gasteiger partial charge on any atom is 0.191 e. The summed E-state index contributed by atoms with van der Waals surface area (Å²) in [6, 6.07) is 12.7. The van der Waals surface area contributed by atoms with E-state index in [1.807, 2.05) is 19.2 Å². The molecule has 136 valence electrons. The van der Waals surface area contributed by atoms with Crippen LogP contribution in [0.4, 0.5) is 0 Å². The Morgan fingerprint density at radius 3 is 2.80 bits per heavy atom. The normalized spacial score (nSPS) is 18.5. The monoisotopic (exact) mass is 471 g/mol. The van der Waals surface area contributed by atoms with Crippen molar-refractivity contribution >= 4 is 41.3 Å². The van der Waals surface area contributed by atoms with E-state index in [0.717, 1.165) is 31.1 Å². The predicted octanol–water partition coefficient (Wildman–Crippen LogP) is 4.38. The average Bonchev–Trinajstić information content (AvgIpc) is 3.06. The highest BCUT2D eigenvalue weighted by molar-refractivity contribution is 14.0. The molecule has 0 amide bonds. The minimum atomic E-state index is -0.193. The van der Waals surface area contributed by atoms with Crippen LogP contribution in [0, 0.1) is 0 Å². The van der Waals surface area contributed by atoms with Gasteiger partial charge in [-0.15, -0.1) is 35.3 Å². The number of thiophene rings is 1. The second-order valence-corrected chi connectivity index (χ2v) is 7.66. The van der Waals surface area contributed by atoms with Gasteiger partial charge in [0, 0.05) is 30.5 Å². The molecule has 1 unspecified atom stereocenters. The molecule has 1 aliphatic heterocycles. The summed E-state index contributed by atoms with van der Waals surface area (Å²) >= 11 is 1.79. The topological polar surface area (TPSA) is 45.7 Å². The van der Waals surface area contributed by atoms with Gasteiger partial charge in [-0.1, -0.05) is 24.3 Å². The molecule has 0 radical (unpaired) electrons. The fourth-order valence-electron chi connectivity index (χ4n) is 3.05. The number of aliphatic imine (C=N–C) groups is 1. The first kappa shape index (κ1) is 20.0. The van der Waals surface area contributed by atoms with Crippen LogP contribution >= 0.6 is 35.3 Å². The zero-order chi connectivity index (χ0) is 17.0. The molecule has 0 bridgehead atoms. The molecule has 3 rings (SSSR count). The lowest BCUT2D eigenvalue weighted by atomic mass is 9.90. The highest BCUT2D eigenvalue weighted by Gasteiger charge is 2.33. The van der Waals surface area contributed by atoms with Crippen molar-refractivity contribution in [2.45, 2.75) is 38.3 Å². The second kappa shape index (κ2) is 8.89. The van der Waals surface area contributed by atoms with Crippen molar-refractivity contribution < 1.29 is 4.74 Å². The standard InChI is InChI=1S/C19H25N3OS.HI/c1-19(2)13-16(15-8-4-5-9-17(15)23-19)22-18(20-3)21-11-10-14-7-6-12-24-14;/h4-9,12,16H,10-11,13H2,1-3H3,(H2,20,21,22);1H. The number of halogens is 1. The summed E-state index contributed by atoms with van der Waals surface area (Å²) in [4.78, 5) is 5.76. The SMILES string of the molecule is CN=C(NCCc1cccs1)NC1CC(C)(C)Oc2ccccc21.I. The van der Waals surface area contributed by atoms with Crippen molar-refractivity contribution in [3.8, 4) is 5.75 Å². The molecule has 0 spiro atoms. The van der Waals surface area contributed by atoms with E-state index >= 15 is 0 Å². The zero-order valence-corrected chi connectivity index (χ0v) is 18.1. The fourth-order valence-corrected chi connectivity index (χ4v) is 3.76. The summed E-state index contributed by atoms with van der Waals surface area (Å²) in [7, 11) is 1.82. The van der Waals surface area contributed by atoms with Gasteiger partial charge in [0.05, 0.1) is 6.04 Å². The van der Waals surface area contributed by atoms with Gasteiger partial charge in [0.1, 0.15) is 11.4 Å². The number of hydrogen-bond acceptors (Lipinski definition) is 3. The first-order valence-corrected chi connectivity index (χ1v) is 9.23. The Hall–Kier alpha value is -1.28. The van der Waals surface area contributed by atoms with E-state index in [-0.39, 0.29) is 35.6 Å². The summed E-state index contributed by atoms with van der Waals surface area (Å²) in [6.45, 7) is 5.13. The van der Waals surface area contributed by atoms with Crippen LogP contribution in [0.2, 0.25) is 0 Å². The van der Waals surface area contributed by atoms with Gasteiger partial charge >= 0.3 is 0 Å². The molecule has 0 fully saturated rings. The zero-order valence-electron chi connectivity index (χ0n) is 14.9. The quantitative estimate of drug-likeness (QED) is 0.396. The van der Waals surface area contributed by atoms with Gasteiger partial charge in [0.25, 0.3) is 0 Å². The third-order valence-corrected chi connectivity index (χ3v) is 5.09. The van der Waals surface area contributed by atoms with Gasteiger partial charge in [-0.25, -0.2) is 0 Å². The van der Waals surface area contributed by atoms with E-state index in [1.54, 1.807) is 11.3 Å². The molecule has 0 saturated heterocycles. The fraction of sp³-hybridized carbons (Fsp3) is 0.421. The van der Waals surface area contributed by atoms with E-state index in [0.29, 0.717) is 0 Å². The van der Waals surface area contributed by atoms with E-state index in [1.165, 1.54) is 10.4 Å². The molecule has 2 heterocycles. The number of hydrogen-bond donors (Lipinski definition) is 2. The van der Waals surface area contributed by atoms with Gasteiger partial charge < -0.3 is 15.4 Å². The summed E-state index contributed by atoms with van der Waals surface area (Å²) in [5.41, 5.74) is 1.00. The third-order valence-electron chi connectivity index (χ3n) is 4.15. The number of ether oxygens (including phenoxy) is 1. The molecular formula is C19H26IN3OS. The largest absolute Gasteiger partial charge is 0.487 e. The Balaban J connectivity index is 0.00000225. The minimum Gasteiger partial charge on any atom is -0.487 e. The lowest BCUT2D eigenvalue weighted by Gasteiger charge is -2.38. The molecule has 4 nitrogen and oxygen atoms in total. The smallest absolute Gasteiger partial charge is 0.191 e. The second-order valence-electron chi connectivity index (χ2n) is 6.63. The van der Waals surface area contributed by atoms with Crippen molar-refractivity contribution in [2.24, 2.45) is 4.99 Å². The lowest BCUT2D eigenvalue weighted by Crippen LogP contribution is -2.45. The van der Waals surface area contributed by atoms with E-state index in [2.05, 4.69) is 59.1 Å². The number of nitrogens with one attached hydrogen (secondary N) is 2. The van der Waals surface area contributed by atoms with Crippen LogP contribution in [0.1, 0.15) is 36.8 Å². The van der Waals surface area contributed by atoms with Crippen molar-refractivity contribution in [1.82, 2.24) is 10.6 Å². The molecule has 1 aromatic heterocycles. The predicted molar refractivity (Wildman–Crippen MR) is 116 cm³/mol. The van der Waals surface area contributed by atoms with Crippen LogP contribution in [0.25, 0.3) is 0 Å². The molecule has 1 atom stereocenters. The summed E-state index contributed by atoms with van der Waals surface area (Å²) in [5.74, 6) is 1.80. The first-order valence-electron chi connectivity index (χ1n) is 8.35. The number of benzene rings is 1. The van der Waals surface area contributed by atoms with Gasteiger partial charge in [-0.2, -0.15) is 0 Å². The molecule has 6 heteroatoms. The van der Waals surface area contributed by atoms with Crippen LogP contribution in [0.15, 0.2) is 46.8 Å². The molecule has 1 aliphatic rings. The van der Waals surface area contributed by atoms with Crippen molar-refractivity contribution in [3.05, 3.63) is 52.2 Å². The van der Waals surface area contributed by atoms with E-state index in [9.17, 15) is 0 Å². The molecule has 0 aliphatic carbocycles. The van der Waals surface area contributed by atoms with Crippen LogP contribution in [-0.4, -0.2) is 25.2 Å². The van der Waals surface area contributed by atoms with Crippen LogP contribution in [0.3, 0.4) is 0 Å². The van der Waals surface area contributed by atoms with Crippen LogP contribution < -0.4 is 15.4 Å². The first-order chi connectivity index (χ1) is 11.6. The number of rotatable bonds is 4. The molecule has 2 N–H and O–H groups in total. The maximum absolute atomic E-state index is 6.10. The highest BCUT2D eigenvalue weighted by atomic mass is 127. The lowest BCUT2D eigenvalue weighted by molar-refractivity contribution is 0.0694. The van der Waals surface area contributed by atoms with Crippen molar-refractivity contribution in [3.63, 3.8) is 0 Å². The molecule has 0 saturated carbocycles. The molecule has 1 aromatic carbocycles. The van der Waals surface area contributed by atoms with Crippen LogP contribution in [-0.2, 0) is 6.42 Å². The Bertz CT molecular complexity index is 700. The van der Waals surface area contributed by atoms with Gasteiger partial charge in [-0.3, -0.25) is 4.99 Å². The molecular weight excluding hydrogens is 445 g/mol. The summed E-state index contributed by atoms with van der Waals surface area (Å²) < 4.78 is 6.10. The number of fused-ring (bicyclic) bond motifs is 1. The van der Waals surface area contributed by atoms with Crippen molar-refractivity contribution in [1.29, 1.82) is 0 Å². The van der Waals surface area contributed by atoms with Crippen LogP contribution in [0.5, 0.6) is 5.75 Å². The Kier molecular flexibility index (Phi) is 7.13. The van der Waals surface area contributed by atoms with Gasteiger partial charge in [-0.05, 0) is 37.8 Å². The number of nitrogens with zero attached hydrogens (tertiary/aromatic N) is 1. The van der Waals surface area contributed by atoms with Gasteiger partial charge in [0.2, 0.25) is 0 Å². The van der Waals surface area contributed by atoms with E-state index < -0.39 is 0 Å². The molecule has 2 aromatic rings. The Morgan fingerprint density at radius 1 is 1.28 bits per heavy atom.